The third kappa shape index (κ3) is 3.22. The molecule has 1 aromatic rings. The summed E-state index contributed by atoms with van der Waals surface area (Å²) in [6.07, 6.45) is 2.33. The van der Waals surface area contributed by atoms with E-state index in [2.05, 4.69) is 5.32 Å². The van der Waals surface area contributed by atoms with Gasteiger partial charge in [-0.15, -0.1) is 0 Å². The Morgan fingerprint density at radius 3 is 2.75 bits per heavy atom. The second-order valence-electron chi connectivity index (χ2n) is 5.04. The zero-order valence-corrected chi connectivity index (χ0v) is 11.9. The Balaban J connectivity index is 2.13. The molecule has 2 unspecified atom stereocenters. The molecule has 0 bridgehead atoms. The molecule has 0 spiro atoms. The van der Waals surface area contributed by atoms with Crippen molar-refractivity contribution >= 4 is 5.97 Å². The molecule has 2 N–H and O–H groups in total. The lowest BCUT2D eigenvalue weighted by Crippen LogP contribution is -2.46. The number of methoxy groups -OCH3 is 2. The van der Waals surface area contributed by atoms with Crippen molar-refractivity contribution in [1.82, 2.24) is 5.32 Å². The molecule has 110 valence electrons. The fourth-order valence-corrected chi connectivity index (χ4v) is 2.72. The van der Waals surface area contributed by atoms with E-state index in [0.717, 1.165) is 24.9 Å². The lowest BCUT2D eigenvalue weighted by atomic mass is 9.87. The standard InChI is InChI=1S/C15H21NO4/c1-19-13-6-5-10(9-14(13)20-2)8-12-11(15(17)18)4-3-7-16-12/h5-6,9,11-12,16H,3-4,7-8H2,1-2H3,(H,17,18). The number of ether oxygens (including phenoxy) is 2. The minimum atomic E-state index is -0.720. The maximum absolute atomic E-state index is 11.3. The molecule has 1 fully saturated rings. The Labute approximate surface area is 118 Å². The molecule has 1 heterocycles. The van der Waals surface area contributed by atoms with Gasteiger partial charge in [-0.1, -0.05) is 6.07 Å². The van der Waals surface area contributed by atoms with Crippen molar-refractivity contribution in [2.45, 2.75) is 25.3 Å². The van der Waals surface area contributed by atoms with Gasteiger partial charge in [-0.2, -0.15) is 0 Å². The van der Waals surface area contributed by atoms with Crippen molar-refractivity contribution in [3.8, 4) is 11.5 Å². The minimum Gasteiger partial charge on any atom is -0.493 e. The second-order valence-corrected chi connectivity index (χ2v) is 5.04. The summed E-state index contributed by atoms with van der Waals surface area (Å²) in [6, 6.07) is 5.69. The highest BCUT2D eigenvalue weighted by Crippen LogP contribution is 2.29. The number of benzene rings is 1. The van der Waals surface area contributed by atoms with Crippen LogP contribution in [0, 0.1) is 5.92 Å². The van der Waals surface area contributed by atoms with Gasteiger partial charge in [0, 0.05) is 6.04 Å². The molecule has 1 aliphatic rings. The zero-order valence-electron chi connectivity index (χ0n) is 11.9. The van der Waals surface area contributed by atoms with E-state index in [1.54, 1.807) is 14.2 Å². The van der Waals surface area contributed by atoms with Gasteiger partial charge in [0.1, 0.15) is 0 Å². The number of piperidine rings is 1. The molecular formula is C15H21NO4. The minimum absolute atomic E-state index is 0.0284. The first kappa shape index (κ1) is 14.7. The van der Waals surface area contributed by atoms with Crippen LogP contribution in [-0.2, 0) is 11.2 Å². The van der Waals surface area contributed by atoms with Crippen molar-refractivity contribution in [2.24, 2.45) is 5.92 Å². The molecule has 0 amide bonds. The van der Waals surface area contributed by atoms with E-state index in [4.69, 9.17) is 9.47 Å². The Kier molecular flexibility index (Phi) is 4.84. The predicted octanol–water partition coefficient (Wildman–Crippen LogP) is 1.70. The maximum Gasteiger partial charge on any atom is 0.308 e. The first-order valence-corrected chi connectivity index (χ1v) is 6.82. The first-order chi connectivity index (χ1) is 9.65. The molecule has 0 saturated carbocycles. The highest BCUT2D eigenvalue weighted by atomic mass is 16.5. The Morgan fingerprint density at radius 2 is 2.10 bits per heavy atom. The molecule has 2 rings (SSSR count). The summed E-state index contributed by atoms with van der Waals surface area (Å²) < 4.78 is 10.5. The summed E-state index contributed by atoms with van der Waals surface area (Å²) in [4.78, 5) is 11.3. The van der Waals surface area contributed by atoms with E-state index in [1.165, 1.54) is 0 Å². The Bertz CT molecular complexity index is 475. The molecule has 20 heavy (non-hydrogen) atoms. The summed E-state index contributed by atoms with van der Waals surface area (Å²) in [7, 11) is 3.20. The molecule has 5 nitrogen and oxygen atoms in total. The van der Waals surface area contributed by atoms with Crippen molar-refractivity contribution in [1.29, 1.82) is 0 Å². The summed E-state index contributed by atoms with van der Waals surface area (Å²) in [5.74, 6) is 0.315. The number of aliphatic carboxylic acids is 1. The average molecular weight is 279 g/mol. The average Bonchev–Trinajstić information content (AvgIpc) is 2.47. The SMILES string of the molecule is COc1ccc(CC2NCCCC2C(=O)O)cc1OC. The van der Waals surface area contributed by atoms with Crippen LogP contribution in [0.1, 0.15) is 18.4 Å². The topological polar surface area (TPSA) is 67.8 Å². The second kappa shape index (κ2) is 6.61. The number of nitrogens with one attached hydrogen (secondary N) is 1. The van der Waals surface area contributed by atoms with Gasteiger partial charge in [-0.05, 0) is 43.5 Å². The van der Waals surface area contributed by atoms with Crippen molar-refractivity contribution in [3.63, 3.8) is 0 Å². The number of carboxylic acids is 1. The lowest BCUT2D eigenvalue weighted by molar-refractivity contribution is -0.143. The van der Waals surface area contributed by atoms with Crippen LogP contribution in [0.15, 0.2) is 18.2 Å². The van der Waals surface area contributed by atoms with E-state index < -0.39 is 5.97 Å². The van der Waals surface area contributed by atoms with E-state index in [-0.39, 0.29) is 12.0 Å². The molecular weight excluding hydrogens is 258 g/mol. The van der Waals surface area contributed by atoms with Crippen LogP contribution in [0.5, 0.6) is 11.5 Å². The molecule has 2 atom stereocenters. The molecule has 5 heteroatoms. The fraction of sp³-hybridized carbons (Fsp3) is 0.533. The van der Waals surface area contributed by atoms with E-state index >= 15 is 0 Å². The molecule has 0 aliphatic carbocycles. The lowest BCUT2D eigenvalue weighted by Gasteiger charge is -2.30. The van der Waals surface area contributed by atoms with E-state index in [9.17, 15) is 9.90 Å². The number of carbonyl (C=O) groups is 1. The normalized spacial score (nSPS) is 22.3. The molecule has 1 aliphatic heterocycles. The van der Waals surface area contributed by atoms with Crippen molar-refractivity contribution in [3.05, 3.63) is 23.8 Å². The van der Waals surface area contributed by atoms with Gasteiger partial charge in [0.25, 0.3) is 0 Å². The summed E-state index contributed by atoms with van der Waals surface area (Å²) >= 11 is 0. The third-order valence-corrected chi connectivity index (χ3v) is 3.80. The fourth-order valence-electron chi connectivity index (χ4n) is 2.72. The summed E-state index contributed by atoms with van der Waals surface area (Å²) in [5, 5.41) is 12.6. The number of hydrogen-bond donors (Lipinski definition) is 2. The van der Waals surface area contributed by atoms with Gasteiger partial charge < -0.3 is 19.9 Å². The number of hydrogen-bond acceptors (Lipinski definition) is 4. The van der Waals surface area contributed by atoms with Gasteiger partial charge in [0.15, 0.2) is 11.5 Å². The molecule has 0 aromatic heterocycles. The molecule has 0 radical (unpaired) electrons. The van der Waals surface area contributed by atoms with Crippen molar-refractivity contribution in [2.75, 3.05) is 20.8 Å². The van der Waals surface area contributed by atoms with Gasteiger partial charge in [-0.3, -0.25) is 4.79 Å². The summed E-state index contributed by atoms with van der Waals surface area (Å²) in [6.45, 7) is 0.877. The van der Waals surface area contributed by atoms with Crippen LogP contribution in [0.2, 0.25) is 0 Å². The van der Waals surface area contributed by atoms with Crippen LogP contribution in [0.3, 0.4) is 0 Å². The quantitative estimate of drug-likeness (QED) is 0.858. The highest BCUT2D eigenvalue weighted by Gasteiger charge is 2.30. The van der Waals surface area contributed by atoms with Gasteiger partial charge in [-0.25, -0.2) is 0 Å². The van der Waals surface area contributed by atoms with Crippen LogP contribution >= 0.6 is 0 Å². The Hall–Kier alpha value is -1.75. The molecule has 1 aromatic carbocycles. The van der Waals surface area contributed by atoms with Crippen LogP contribution in [-0.4, -0.2) is 37.9 Å². The smallest absolute Gasteiger partial charge is 0.308 e. The predicted molar refractivity (Wildman–Crippen MR) is 75.4 cm³/mol. The van der Waals surface area contributed by atoms with Crippen LogP contribution < -0.4 is 14.8 Å². The largest absolute Gasteiger partial charge is 0.493 e. The summed E-state index contributed by atoms with van der Waals surface area (Å²) in [5.41, 5.74) is 1.05. The van der Waals surface area contributed by atoms with Crippen molar-refractivity contribution < 1.29 is 19.4 Å². The van der Waals surface area contributed by atoms with Gasteiger partial charge >= 0.3 is 5.97 Å². The van der Waals surface area contributed by atoms with E-state index in [0.29, 0.717) is 17.9 Å². The monoisotopic (exact) mass is 279 g/mol. The van der Waals surface area contributed by atoms with Gasteiger partial charge in [0.2, 0.25) is 0 Å². The Morgan fingerprint density at radius 1 is 1.35 bits per heavy atom. The highest BCUT2D eigenvalue weighted by molar-refractivity contribution is 5.71. The number of rotatable bonds is 5. The zero-order chi connectivity index (χ0) is 14.5. The molecule has 1 saturated heterocycles. The van der Waals surface area contributed by atoms with Crippen LogP contribution in [0.4, 0.5) is 0 Å². The third-order valence-electron chi connectivity index (χ3n) is 3.80. The first-order valence-electron chi connectivity index (χ1n) is 6.82. The number of carboxylic acid groups (broad SMARTS) is 1. The maximum atomic E-state index is 11.3. The van der Waals surface area contributed by atoms with E-state index in [1.807, 2.05) is 18.2 Å². The van der Waals surface area contributed by atoms with Crippen LogP contribution in [0.25, 0.3) is 0 Å². The van der Waals surface area contributed by atoms with Gasteiger partial charge in [0.05, 0.1) is 20.1 Å².